The quantitative estimate of drug-likeness (QED) is 0.743. The van der Waals surface area contributed by atoms with Crippen LogP contribution in [0.2, 0.25) is 0 Å². The van der Waals surface area contributed by atoms with Crippen molar-refractivity contribution in [1.82, 2.24) is 5.32 Å². The minimum absolute atomic E-state index is 0.129. The molecular weight excluding hydrogens is 266 g/mol. The Bertz CT molecular complexity index is 516. The van der Waals surface area contributed by atoms with Crippen LogP contribution in [0, 0.1) is 0 Å². The van der Waals surface area contributed by atoms with Gasteiger partial charge in [0.2, 0.25) is 6.79 Å². The highest BCUT2D eigenvalue weighted by Gasteiger charge is 2.16. The normalized spacial score (nSPS) is 13.8. The molecule has 1 unspecified atom stereocenters. The molecule has 1 atom stereocenters. The number of hydrogen-bond donors (Lipinski definition) is 2. The molecule has 20 heavy (non-hydrogen) atoms. The first-order valence-electron chi connectivity index (χ1n) is 6.10. The van der Waals surface area contributed by atoms with Crippen LogP contribution in [-0.4, -0.2) is 43.0 Å². The number of hydrogen-bond acceptors (Lipinski definition) is 5. The molecule has 2 N–H and O–H groups in total. The lowest BCUT2D eigenvalue weighted by Crippen LogP contribution is -2.30. The van der Waals surface area contributed by atoms with Crippen LogP contribution in [0.1, 0.15) is 17.3 Å². The van der Waals surface area contributed by atoms with Gasteiger partial charge >= 0.3 is 5.97 Å². The Hall–Kier alpha value is -2.28. The predicted octanol–water partition coefficient (Wildman–Crippen LogP) is 0.635. The third-order valence-electron chi connectivity index (χ3n) is 2.74. The van der Waals surface area contributed by atoms with Gasteiger partial charge in [0.25, 0.3) is 5.91 Å². The van der Waals surface area contributed by atoms with Gasteiger partial charge < -0.3 is 24.6 Å². The number of nitrogens with one attached hydrogen (secondary N) is 1. The Kier molecular flexibility index (Phi) is 4.41. The van der Waals surface area contributed by atoms with Gasteiger partial charge in [-0.05, 0) is 25.1 Å². The van der Waals surface area contributed by atoms with Gasteiger partial charge in [0.1, 0.15) is 0 Å². The molecule has 1 aliphatic rings. The van der Waals surface area contributed by atoms with Crippen molar-refractivity contribution in [2.45, 2.75) is 13.0 Å². The van der Waals surface area contributed by atoms with Crippen LogP contribution in [0.15, 0.2) is 18.2 Å². The highest BCUT2D eigenvalue weighted by molar-refractivity contribution is 5.94. The van der Waals surface area contributed by atoms with E-state index in [1.807, 2.05) is 0 Å². The number of carbonyl (C=O) groups is 2. The summed E-state index contributed by atoms with van der Waals surface area (Å²) in [7, 11) is 0. The molecule has 7 nitrogen and oxygen atoms in total. The zero-order chi connectivity index (χ0) is 14.5. The van der Waals surface area contributed by atoms with E-state index >= 15 is 0 Å². The fraction of sp³-hybridized carbons (Fsp3) is 0.385. The Morgan fingerprint density at radius 3 is 2.90 bits per heavy atom. The summed E-state index contributed by atoms with van der Waals surface area (Å²) in [4.78, 5) is 22.4. The van der Waals surface area contributed by atoms with Crippen LogP contribution in [-0.2, 0) is 9.53 Å². The van der Waals surface area contributed by atoms with E-state index in [4.69, 9.17) is 19.3 Å². The SMILES string of the molecule is CC(OCCNC(=O)c1ccc2c(c1)OCO2)C(=O)O. The van der Waals surface area contributed by atoms with Gasteiger partial charge in [-0.2, -0.15) is 0 Å². The van der Waals surface area contributed by atoms with E-state index in [9.17, 15) is 9.59 Å². The van der Waals surface area contributed by atoms with Gasteiger partial charge in [-0.25, -0.2) is 4.79 Å². The molecule has 2 rings (SSSR count). The van der Waals surface area contributed by atoms with E-state index in [2.05, 4.69) is 5.32 Å². The van der Waals surface area contributed by atoms with E-state index in [0.29, 0.717) is 17.1 Å². The van der Waals surface area contributed by atoms with E-state index in [1.165, 1.54) is 6.92 Å². The molecule has 0 fully saturated rings. The van der Waals surface area contributed by atoms with Crippen molar-refractivity contribution in [3.63, 3.8) is 0 Å². The smallest absolute Gasteiger partial charge is 0.332 e. The largest absolute Gasteiger partial charge is 0.479 e. The summed E-state index contributed by atoms with van der Waals surface area (Å²) in [5.74, 6) is -0.171. The molecular formula is C13H15NO6. The molecule has 1 aliphatic heterocycles. The molecule has 0 aliphatic carbocycles. The number of amides is 1. The summed E-state index contributed by atoms with van der Waals surface area (Å²) in [6, 6.07) is 4.89. The lowest BCUT2D eigenvalue weighted by molar-refractivity contribution is -0.148. The van der Waals surface area contributed by atoms with Gasteiger partial charge in [0.15, 0.2) is 17.6 Å². The van der Waals surface area contributed by atoms with Crippen LogP contribution in [0.4, 0.5) is 0 Å². The topological polar surface area (TPSA) is 94.1 Å². The van der Waals surface area contributed by atoms with E-state index in [1.54, 1.807) is 18.2 Å². The zero-order valence-corrected chi connectivity index (χ0v) is 10.9. The second-order valence-corrected chi connectivity index (χ2v) is 4.18. The average molecular weight is 281 g/mol. The lowest BCUT2D eigenvalue weighted by atomic mass is 10.2. The number of carbonyl (C=O) groups excluding carboxylic acids is 1. The highest BCUT2D eigenvalue weighted by atomic mass is 16.7. The highest BCUT2D eigenvalue weighted by Crippen LogP contribution is 2.32. The van der Waals surface area contributed by atoms with Crippen molar-refractivity contribution in [1.29, 1.82) is 0 Å². The Balaban J connectivity index is 1.79. The maximum atomic E-state index is 11.8. The molecule has 0 saturated heterocycles. The minimum Gasteiger partial charge on any atom is -0.479 e. The van der Waals surface area contributed by atoms with Crippen LogP contribution in [0.3, 0.4) is 0 Å². The van der Waals surface area contributed by atoms with Crippen LogP contribution in [0.5, 0.6) is 11.5 Å². The standard InChI is InChI=1S/C13H15NO6/c1-8(13(16)17)18-5-4-14-12(15)9-2-3-10-11(6-9)20-7-19-10/h2-3,6,8H,4-5,7H2,1H3,(H,14,15)(H,16,17). The average Bonchev–Trinajstić information content (AvgIpc) is 2.90. The molecule has 108 valence electrons. The Morgan fingerprint density at radius 1 is 1.40 bits per heavy atom. The van der Waals surface area contributed by atoms with Crippen LogP contribution in [0.25, 0.3) is 0 Å². The maximum absolute atomic E-state index is 11.8. The first-order chi connectivity index (χ1) is 9.58. The fourth-order valence-electron chi connectivity index (χ4n) is 1.61. The first-order valence-corrected chi connectivity index (χ1v) is 6.10. The second-order valence-electron chi connectivity index (χ2n) is 4.18. The van der Waals surface area contributed by atoms with E-state index in [0.717, 1.165) is 0 Å². The number of aliphatic carboxylic acids is 1. The summed E-state index contributed by atoms with van der Waals surface area (Å²) < 4.78 is 15.3. The third-order valence-corrected chi connectivity index (χ3v) is 2.74. The maximum Gasteiger partial charge on any atom is 0.332 e. The summed E-state index contributed by atoms with van der Waals surface area (Å²) in [6.45, 7) is 1.94. The Labute approximate surface area is 115 Å². The zero-order valence-electron chi connectivity index (χ0n) is 10.9. The third kappa shape index (κ3) is 3.39. The van der Waals surface area contributed by atoms with Gasteiger partial charge in [-0.15, -0.1) is 0 Å². The number of fused-ring (bicyclic) bond motifs is 1. The van der Waals surface area contributed by atoms with Crippen molar-refractivity contribution in [2.75, 3.05) is 19.9 Å². The monoisotopic (exact) mass is 281 g/mol. The van der Waals surface area contributed by atoms with Crippen molar-refractivity contribution < 1.29 is 28.9 Å². The van der Waals surface area contributed by atoms with E-state index < -0.39 is 12.1 Å². The molecule has 0 radical (unpaired) electrons. The molecule has 0 aromatic heterocycles. The van der Waals surface area contributed by atoms with Crippen LogP contribution >= 0.6 is 0 Å². The van der Waals surface area contributed by atoms with Gasteiger partial charge in [-0.3, -0.25) is 4.79 Å². The first kappa shape index (κ1) is 14.1. The predicted molar refractivity (Wildman–Crippen MR) is 67.9 cm³/mol. The molecule has 1 aromatic carbocycles. The number of rotatable bonds is 6. The number of carboxylic acid groups (broad SMARTS) is 1. The minimum atomic E-state index is -1.04. The number of carboxylic acids is 1. The number of benzene rings is 1. The lowest BCUT2D eigenvalue weighted by Gasteiger charge is -2.09. The van der Waals surface area contributed by atoms with Crippen LogP contribution < -0.4 is 14.8 Å². The summed E-state index contributed by atoms with van der Waals surface area (Å²) in [6.07, 6.45) is -0.891. The summed E-state index contributed by atoms with van der Waals surface area (Å²) >= 11 is 0. The Morgan fingerprint density at radius 2 is 2.15 bits per heavy atom. The molecule has 0 saturated carbocycles. The molecule has 1 heterocycles. The van der Waals surface area contributed by atoms with Crippen molar-refractivity contribution in [3.8, 4) is 11.5 Å². The second kappa shape index (κ2) is 6.25. The summed E-state index contributed by atoms with van der Waals surface area (Å²) in [5, 5.41) is 11.3. The van der Waals surface area contributed by atoms with Gasteiger partial charge in [-0.1, -0.05) is 0 Å². The fourth-order valence-corrected chi connectivity index (χ4v) is 1.61. The van der Waals surface area contributed by atoms with Crippen molar-refractivity contribution in [2.24, 2.45) is 0 Å². The number of ether oxygens (including phenoxy) is 3. The van der Waals surface area contributed by atoms with Gasteiger partial charge in [0, 0.05) is 12.1 Å². The summed E-state index contributed by atoms with van der Waals surface area (Å²) in [5.41, 5.74) is 0.445. The molecule has 1 amide bonds. The molecule has 1 aromatic rings. The van der Waals surface area contributed by atoms with Gasteiger partial charge in [0.05, 0.1) is 6.61 Å². The molecule has 7 heteroatoms. The van der Waals surface area contributed by atoms with E-state index in [-0.39, 0.29) is 25.9 Å². The van der Waals surface area contributed by atoms with Crippen molar-refractivity contribution in [3.05, 3.63) is 23.8 Å². The molecule has 0 spiro atoms. The van der Waals surface area contributed by atoms with Crippen molar-refractivity contribution >= 4 is 11.9 Å². The molecule has 0 bridgehead atoms.